The first-order valence-electron chi connectivity index (χ1n) is 13.8. The molecule has 1 saturated carbocycles. The smallest absolute Gasteiger partial charge is 0.328 e. The molecule has 2 amide bonds. The quantitative estimate of drug-likeness (QED) is 0.363. The van der Waals surface area contributed by atoms with Crippen LogP contribution in [0.1, 0.15) is 69.0 Å². The van der Waals surface area contributed by atoms with Gasteiger partial charge < -0.3 is 26.0 Å². The summed E-state index contributed by atoms with van der Waals surface area (Å²) < 4.78 is 0. The monoisotopic (exact) mass is 535 g/mol. The number of aromatic nitrogens is 1. The van der Waals surface area contributed by atoms with E-state index >= 15 is 0 Å². The molecular formula is C27H42ClN5O4. The number of carboxylic acid groups (broad SMARTS) is 1. The van der Waals surface area contributed by atoms with Crippen LogP contribution in [-0.4, -0.2) is 71.5 Å². The molecular weight excluding hydrogens is 494 g/mol. The van der Waals surface area contributed by atoms with Crippen molar-refractivity contribution in [1.29, 1.82) is 0 Å². The number of hydrogen-bond donors (Lipinski definition) is 4. The Morgan fingerprint density at radius 3 is 2.62 bits per heavy atom. The standard InChI is InChI=1S/C27H41N5O4.ClH/c33-25(29-17-23(27(35)36)31-26(34)20-7-2-1-3-8-20)21-10-5-15-32(18-21)16-6-11-22-13-12-19-9-4-14-28-24(19)30-22;/h12-13,20-21,23H,1-11,14-18H2,(H,28,30)(H,29,33)(H,31,34)(H,35,36);1H/t21-,23?;/m1./s1. The summed E-state index contributed by atoms with van der Waals surface area (Å²) in [6.45, 7) is 3.46. The predicted octanol–water partition coefficient (Wildman–Crippen LogP) is 2.77. The zero-order chi connectivity index (χ0) is 25.3. The maximum absolute atomic E-state index is 12.8. The lowest BCUT2D eigenvalue weighted by atomic mass is 9.88. The van der Waals surface area contributed by atoms with E-state index in [1.54, 1.807) is 0 Å². The number of carbonyl (C=O) groups is 3. The SMILES string of the molecule is Cl.O=C(NC(CNC(=O)[C@@H]1CCCN(CCCc2ccc3c(n2)NCCC3)C1)C(=O)O)C1CCCCC1. The molecule has 0 radical (unpaired) electrons. The van der Waals surface area contributed by atoms with Gasteiger partial charge in [-0.05, 0) is 76.1 Å². The van der Waals surface area contributed by atoms with Crippen LogP contribution in [0, 0.1) is 11.8 Å². The van der Waals surface area contributed by atoms with Gasteiger partial charge in [-0.1, -0.05) is 25.3 Å². The fourth-order valence-electron chi connectivity index (χ4n) is 5.67. The molecule has 0 spiro atoms. The summed E-state index contributed by atoms with van der Waals surface area (Å²) in [6, 6.07) is 3.22. The number of pyridine rings is 1. The molecule has 0 aromatic carbocycles. The summed E-state index contributed by atoms with van der Waals surface area (Å²) in [7, 11) is 0. The van der Waals surface area contributed by atoms with E-state index < -0.39 is 12.0 Å². The average molecular weight is 536 g/mol. The number of aryl methyl sites for hydroxylation is 2. The van der Waals surface area contributed by atoms with Crippen molar-refractivity contribution in [2.75, 3.05) is 38.0 Å². The molecule has 3 aliphatic rings. The van der Waals surface area contributed by atoms with Crippen molar-refractivity contribution in [2.45, 2.75) is 76.7 Å². The van der Waals surface area contributed by atoms with Crippen molar-refractivity contribution in [3.8, 4) is 0 Å². The van der Waals surface area contributed by atoms with Crippen LogP contribution in [0.25, 0.3) is 0 Å². The number of aliphatic carboxylic acids is 1. The Kier molecular flexibility index (Phi) is 11.4. The van der Waals surface area contributed by atoms with Gasteiger partial charge >= 0.3 is 5.97 Å². The first kappa shape index (κ1) is 29.2. The topological polar surface area (TPSA) is 124 Å². The Morgan fingerprint density at radius 2 is 1.84 bits per heavy atom. The molecule has 4 N–H and O–H groups in total. The molecule has 1 unspecified atom stereocenters. The number of carbonyl (C=O) groups excluding carboxylic acids is 2. The van der Waals surface area contributed by atoms with Crippen molar-refractivity contribution in [1.82, 2.24) is 20.5 Å². The van der Waals surface area contributed by atoms with Gasteiger partial charge in [0.1, 0.15) is 11.9 Å². The highest BCUT2D eigenvalue weighted by atomic mass is 35.5. The minimum absolute atomic E-state index is 0. The Bertz CT molecular complexity index is 924. The molecule has 4 rings (SSSR count). The van der Waals surface area contributed by atoms with Crippen LogP contribution >= 0.6 is 12.4 Å². The first-order valence-corrected chi connectivity index (χ1v) is 13.8. The second kappa shape index (κ2) is 14.5. The number of rotatable bonds is 10. The van der Waals surface area contributed by atoms with Crippen LogP contribution in [0.2, 0.25) is 0 Å². The molecule has 2 atom stereocenters. The first-order chi connectivity index (χ1) is 17.5. The summed E-state index contributed by atoms with van der Waals surface area (Å²) in [4.78, 5) is 44.1. The molecule has 2 fully saturated rings. The number of halogens is 1. The zero-order valence-corrected chi connectivity index (χ0v) is 22.5. The van der Waals surface area contributed by atoms with E-state index in [-0.39, 0.29) is 42.6 Å². The Balaban J connectivity index is 0.00000380. The third kappa shape index (κ3) is 8.57. The molecule has 1 aliphatic carbocycles. The third-order valence-corrected chi connectivity index (χ3v) is 7.81. The van der Waals surface area contributed by atoms with Gasteiger partial charge in [0.25, 0.3) is 0 Å². The van der Waals surface area contributed by atoms with Crippen LogP contribution in [0.15, 0.2) is 12.1 Å². The maximum atomic E-state index is 12.8. The van der Waals surface area contributed by atoms with Gasteiger partial charge in [-0.15, -0.1) is 12.4 Å². The highest BCUT2D eigenvalue weighted by molar-refractivity contribution is 5.86. The van der Waals surface area contributed by atoms with Gasteiger partial charge in [-0.25, -0.2) is 9.78 Å². The van der Waals surface area contributed by atoms with Crippen molar-refractivity contribution < 1.29 is 19.5 Å². The van der Waals surface area contributed by atoms with Crippen LogP contribution < -0.4 is 16.0 Å². The number of likely N-dealkylation sites (tertiary alicyclic amines) is 1. The van der Waals surface area contributed by atoms with Gasteiger partial charge in [0.2, 0.25) is 11.8 Å². The molecule has 2 aliphatic heterocycles. The van der Waals surface area contributed by atoms with E-state index in [0.29, 0.717) is 6.54 Å². The Hall–Kier alpha value is -2.39. The van der Waals surface area contributed by atoms with Crippen LogP contribution in [0.4, 0.5) is 5.82 Å². The number of amides is 2. The average Bonchev–Trinajstić information content (AvgIpc) is 2.91. The lowest BCUT2D eigenvalue weighted by molar-refractivity contribution is -0.142. The molecule has 3 heterocycles. The van der Waals surface area contributed by atoms with E-state index in [0.717, 1.165) is 102 Å². The lowest BCUT2D eigenvalue weighted by Gasteiger charge is -2.32. The minimum Gasteiger partial charge on any atom is -0.480 e. The number of fused-ring (bicyclic) bond motifs is 1. The summed E-state index contributed by atoms with van der Waals surface area (Å²) >= 11 is 0. The fourth-order valence-corrected chi connectivity index (χ4v) is 5.67. The number of nitrogens with one attached hydrogen (secondary N) is 3. The van der Waals surface area contributed by atoms with Gasteiger partial charge in [-0.2, -0.15) is 0 Å². The Labute approximate surface area is 226 Å². The molecule has 37 heavy (non-hydrogen) atoms. The second-order valence-corrected chi connectivity index (χ2v) is 10.6. The van der Waals surface area contributed by atoms with E-state index in [1.807, 2.05) is 0 Å². The summed E-state index contributed by atoms with van der Waals surface area (Å²) in [5, 5.41) is 18.4. The van der Waals surface area contributed by atoms with Gasteiger partial charge in [-0.3, -0.25) is 9.59 Å². The van der Waals surface area contributed by atoms with Crippen molar-refractivity contribution in [2.24, 2.45) is 11.8 Å². The lowest BCUT2D eigenvalue weighted by Crippen LogP contribution is -2.52. The molecule has 9 nitrogen and oxygen atoms in total. The highest BCUT2D eigenvalue weighted by Gasteiger charge is 2.29. The number of hydrogen-bond acceptors (Lipinski definition) is 6. The normalized spacial score (nSPS) is 21.0. The van der Waals surface area contributed by atoms with Gasteiger partial charge in [0.15, 0.2) is 0 Å². The predicted molar refractivity (Wildman–Crippen MR) is 145 cm³/mol. The van der Waals surface area contributed by atoms with Crippen molar-refractivity contribution in [3.63, 3.8) is 0 Å². The van der Waals surface area contributed by atoms with E-state index in [2.05, 4.69) is 33.0 Å². The zero-order valence-electron chi connectivity index (χ0n) is 21.7. The number of anilines is 1. The van der Waals surface area contributed by atoms with E-state index in [4.69, 9.17) is 4.98 Å². The van der Waals surface area contributed by atoms with E-state index in [1.165, 1.54) is 5.56 Å². The molecule has 0 bridgehead atoms. The van der Waals surface area contributed by atoms with Gasteiger partial charge in [0.05, 0.1) is 5.92 Å². The fraction of sp³-hybridized carbons (Fsp3) is 0.704. The van der Waals surface area contributed by atoms with Crippen molar-refractivity contribution in [3.05, 3.63) is 23.4 Å². The molecule has 1 saturated heterocycles. The highest BCUT2D eigenvalue weighted by Crippen LogP contribution is 2.24. The van der Waals surface area contributed by atoms with Crippen LogP contribution in [0.5, 0.6) is 0 Å². The molecule has 10 heteroatoms. The summed E-state index contributed by atoms with van der Waals surface area (Å²) in [5.74, 6) is -0.687. The van der Waals surface area contributed by atoms with Crippen molar-refractivity contribution >= 4 is 36.0 Å². The number of carboxylic acids is 1. The molecule has 1 aromatic rings. The third-order valence-electron chi connectivity index (χ3n) is 7.81. The van der Waals surface area contributed by atoms with Gasteiger partial charge in [0, 0.05) is 31.2 Å². The minimum atomic E-state index is -1.12. The molecule has 1 aromatic heterocycles. The number of piperidine rings is 1. The Morgan fingerprint density at radius 1 is 1.05 bits per heavy atom. The largest absolute Gasteiger partial charge is 0.480 e. The summed E-state index contributed by atoms with van der Waals surface area (Å²) in [6.07, 6.45) is 10.6. The van der Waals surface area contributed by atoms with Crippen LogP contribution in [-0.2, 0) is 27.2 Å². The second-order valence-electron chi connectivity index (χ2n) is 10.6. The maximum Gasteiger partial charge on any atom is 0.328 e. The summed E-state index contributed by atoms with van der Waals surface area (Å²) in [5.41, 5.74) is 2.40. The number of nitrogens with zero attached hydrogens (tertiary/aromatic N) is 2. The van der Waals surface area contributed by atoms with Crippen LogP contribution in [0.3, 0.4) is 0 Å². The molecule has 206 valence electrons. The van der Waals surface area contributed by atoms with E-state index in [9.17, 15) is 19.5 Å².